The molecule has 13 atom stereocenters. The molecule has 0 radical (unpaired) electrons. The zero-order chi connectivity index (χ0) is 29.6. The predicted molar refractivity (Wildman–Crippen MR) is 152 cm³/mol. The van der Waals surface area contributed by atoms with Gasteiger partial charge < -0.3 is 20.3 Å². The summed E-state index contributed by atoms with van der Waals surface area (Å²) >= 11 is 8.03. The Labute approximate surface area is 249 Å². The number of thioether (sulfide) groups is 1. The molecule has 9 nitrogen and oxygen atoms in total. The maximum absolute atomic E-state index is 13.6. The second-order valence-corrected chi connectivity index (χ2v) is 14.7. The maximum Gasteiger partial charge on any atom is 0.404 e. The van der Waals surface area contributed by atoms with Gasteiger partial charge >= 0.3 is 6.18 Å². The fraction of sp³-hybridized carbons (Fsp3) is 0.926. The smallest absolute Gasteiger partial charge is 0.380 e. The number of hydrogen-bond donors (Lipinski definition) is 5. The van der Waals surface area contributed by atoms with E-state index in [4.69, 9.17) is 16.3 Å². The molecule has 14 heteroatoms. The summed E-state index contributed by atoms with van der Waals surface area (Å²) < 4.78 is 46.4. The van der Waals surface area contributed by atoms with Crippen molar-refractivity contribution in [3.63, 3.8) is 0 Å². The third-order valence-corrected chi connectivity index (χ3v) is 11.6. The molecule has 5 fully saturated rings. The molecular weight excluding hydrogens is 581 g/mol. The zero-order valence-corrected chi connectivity index (χ0v) is 25.6. The molecule has 5 aliphatic heterocycles. The molecule has 5 saturated heterocycles. The van der Waals surface area contributed by atoms with Crippen LogP contribution in [0.4, 0.5) is 13.2 Å². The van der Waals surface area contributed by atoms with Crippen LogP contribution in [0.2, 0.25) is 0 Å². The minimum absolute atomic E-state index is 0.00606. The number of ether oxygens (including phenoxy) is 1. The number of methoxy groups -OCH3 is 1. The molecule has 5 rings (SSSR count). The Morgan fingerprint density at radius 3 is 2.44 bits per heavy atom. The van der Waals surface area contributed by atoms with Crippen LogP contribution in [0, 0.1) is 29.6 Å². The number of nitrogens with one attached hydrogen (secondary N) is 5. The summed E-state index contributed by atoms with van der Waals surface area (Å²) in [7, 11) is 1.71. The molecule has 5 aliphatic rings. The number of halogens is 4. The van der Waals surface area contributed by atoms with Gasteiger partial charge in [0, 0.05) is 50.6 Å². The Kier molecular flexibility index (Phi) is 9.75. The Hall–Kier alpha value is -0.830. The molecule has 0 aromatic rings. The molecule has 0 saturated carbocycles. The third-order valence-electron chi connectivity index (χ3n) is 9.90. The fourth-order valence-electron chi connectivity index (χ4n) is 7.76. The number of rotatable bonds is 5. The summed E-state index contributed by atoms with van der Waals surface area (Å²) in [4.78, 5) is 28.6. The number of amides is 2. The van der Waals surface area contributed by atoms with Crippen molar-refractivity contribution in [2.75, 3.05) is 33.3 Å². The first-order valence-electron chi connectivity index (χ1n) is 14.8. The average molecular weight is 625 g/mol. The van der Waals surface area contributed by atoms with E-state index in [1.807, 2.05) is 6.92 Å². The van der Waals surface area contributed by atoms with Gasteiger partial charge in [0.2, 0.25) is 11.8 Å². The molecule has 13 unspecified atom stereocenters. The molecule has 0 spiro atoms. The van der Waals surface area contributed by atoms with Crippen LogP contribution >= 0.6 is 23.4 Å². The van der Waals surface area contributed by atoms with Crippen molar-refractivity contribution >= 4 is 35.2 Å². The van der Waals surface area contributed by atoms with Crippen molar-refractivity contribution in [1.82, 2.24) is 31.5 Å². The molecule has 0 bridgehead atoms. The van der Waals surface area contributed by atoms with Crippen molar-refractivity contribution in [3.8, 4) is 0 Å². The van der Waals surface area contributed by atoms with E-state index < -0.39 is 24.2 Å². The lowest BCUT2D eigenvalue weighted by molar-refractivity contribution is -0.179. The summed E-state index contributed by atoms with van der Waals surface area (Å²) in [6.45, 7) is 7.66. The largest absolute Gasteiger partial charge is 0.404 e. The van der Waals surface area contributed by atoms with E-state index in [-0.39, 0.29) is 63.9 Å². The van der Waals surface area contributed by atoms with E-state index in [9.17, 15) is 22.8 Å². The molecule has 5 N–H and O–H groups in total. The minimum atomic E-state index is -4.39. The summed E-state index contributed by atoms with van der Waals surface area (Å²) in [5.41, 5.74) is -0.434. The second-order valence-electron chi connectivity index (χ2n) is 12.8. The lowest BCUT2D eigenvalue weighted by atomic mass is 9.70. The van der Waals surface area contributed by atoms with E-state index in [1.165, 1.54) is 0 Å². The van der Waals surface area contributed by atoms with E-state index in [1.54, 1.807) is 30.7 Å². The van der Waals surface area contributed by atoms with E-state index in [2.05, 4.69) is 33.5 Å². The SMILES string of the molecule is COC1CNC(Cl)CC1C1CC(C)NCC1C(=O)NC1NC2CN(C(=O)C3NC(C(F)(F)F)C(C)CC3C)CC2S1. The Morgan fingerprint density at radius 1 is 1.00 bits per heavy atom. The van der Waals surface area contributed by atoms with Gasteiger partial charge in [-0.05, 0) is 49.9 Å². The second kappa shape index (κ2) is 12.6. The number of likely N-dealkylation sites (tertiary alicyclic amines) is 1. The maximum atomic E-state index is 13.6. The van der Waals surface area contributed by atoms with Gasteiger partial charge in [0.25, 0.3) is 0 Å². The Morgan fingerprint density at radius 2 is 1.76 bits per heavy atom. The normalized spacial score (nSPS) is 45.4. The molecule has 0 aromatic heterocycles. The summed E-state index contributed by atoms with van der Waals surface area (Å²) in [5, 5.41) is 16.0. The van der Waals surface area contributed by atoms with E-state index in [0.29, 0.717) is 38.6 Å². The third kappa shape index (κ3) is 6.81. The van der Waals surface area contributed by atoms with E-state index >= 15 is 0 Å². The van der Waals surface area contributed by atoms with Crippen LogP contribution in [0.5, 0.6) is 0 Å². The number of carbonyl (C=O) groups excluding carboxylic acids is 2. The fourth-order valence-corrected chi connectivity index (χ4v) is 9.46. The number of fused-ring (bicyclic) bond motifs is 1. The molecule has 0 aliphatic carbocycles. The number of alkyl halides is 4. The van der Waals surface area contributed by atoms with Gasteiger partial charge in [-0.3, -0.25) is 25.5 Å². The molecule has 5 heterocycles. The average Bonchev–Trinajstić information content (AvgIpc) is 3.46. The molecule has 41 heavy (non-hydrogen) atoms. The zero-order valence-electron chi connectivity index (χ0n) is 24.0. The van der Waals surface area contributed by atoms with Crippen molar-refractivity contribution in [2.24, 2.45) is 29.6 Å². The lowest BCUT2D eigenvalue weighted by Crippen LogP contribution is -2.62. The van der Waals surface area contributed by atoms with Crippen LogP contribution in [0.1, 0.15) is 40.0 Å². The number of nitrogens with zero attached hydrogens (tertiary/aromatic N) is 1. The van der Waals surface area contributed by atoms with Crippen LogP contribution in [0.15, 0.2) is 0 Å². The first kappa shape index (κ1) is 31.6. The first-order valence-corrected chi connectivity index (χ1v) is 16.2. The molecule has 0 aromatic carbocycles. The monoisotopic (exact) mass is 624 g/mol. The highest BCUT2D eigenvalue weighted by Crippen LogP contribution is 2.39. The highest BCUT2D eigenvalue weighted by atomic mass is 35.5. The van der Waals surface area contributed by atoms with Gasteiger partial charge in [-0.25, -0.2) is 0 Å². The highest BCUT2D eigenvalue weighted by molar-refractivity contribution is 8.00. The van der Waals surface area contributed by atoms with Gasteiger partial charge in [-0.2, -0.15) is 13.2 Å². The van der Waals surface area contributed by atoms with Crippen molar-refractivity contribution in [2.45, 2.75) is 92.7 Å². The van der Waals surface area contributed by atoms with E-state index in [0.717, 1.165) is 12.8 Å². The van der Waals surface area contributed by atoms with Gasteiger partial charge in [-0.15, -0.1) is 23.4 Å². The first-order chi connectivity index (χ1) is 19.3. The van der Waals surface area contributed by atoms with Crippen LogP contribution in [-0.2, 0) is 14.3 Å². The topological polar surface area (TPSA) is 107 Å². The minimum Gasteiger partial charge on any atom is -0.380 e. The standard InChI is InChI=1S/C27H44ClF3N6O3S/c1-12-5-13(2)23(27(29,30)31)35-22(12)25(39)37-10-18-20(11-37)41-26(34-18)36-24(38)17-8-32-14(3)6-15(17)16-7-21(28)33-9-19(16)40-4/h12-23,26,32-35H,5-11H2,1-4H3,(H,36,38). The van der Waals surface area contributed by atoms with Gasteiger partial charge in [0.1, 0.15) is 11.5 Å². The molecule has 2 amide bonds. The Bertz CT molecular complexity index is 954. The number of carbonyl (C=O) groups is 2. The van der Waals surface area contributed by atoms with Crippen LogP contribution in [0.25, 0.3) is 0 Å². The summed E-state index contributed by atoms with van der Waals surface area (Å²) in [5.74, 6) is -0.972. The van der Waals surface area contributed by atoms with Gasteiger partial charge in [0.05, 0.1) is 23.6 Å². The summed E-state index contributed by atoms with van der Waals surface area (Å²) in [6, 6.07) is -2.27. The number of piperidine rings is 3. The van der Waals surface area contributed by atoms with Crippen molar-refractivity contribution in [1.29, 1.82) is 0 Å². The number of hydrogen-bond acceptors (Lipinski definition) is 8. The van der Waals surface area contributed by atoms with Crippen LogP contribution in [-0.4, -0.2) is 103 Å². The van der Waals surface area contributed by atoms with Crippen LogP contribution < -0.4 is 26.6 Å². The van der Waals surface area contributed by atoms with Gasteiger partial charge in [-0.1, -0.05) is 13.8 Å². The van der Waals surface area contributed by atoms with Crippen molar-refractivity contribution < 1.29 is 27.5 Å². The summed E-state index contributed by atoms with van der Waals surface area (Å²) in [6.07, 6.45) is -2.45. The predicted octanol–water partition coefficient (Wildman–Crippen LogP) is 1.67. The highest BCUT2D eigenvalue weighted by Gasteiger charge is 2.52. The quantitative estimate of drug-likeness (QED) is 0.232. The van der Waals surface area contributed by atoms with Gasteiger partial charge in [0.15, 0.2) is 0 Å². The lowest BCUT2D eigenvalue weighted by Gasteiger charge is -2.45. The van der Waals surface area contributed by atoms with Crippen LogP contribution in [0.3, 0.4) is 0 Å². The molecule has 234 valence electrons. The van der Waals surface area contributed by atoms with Crippen molar-refractivity contribution in [3.05, 3.63) is 0 Å². The molecular formula is C27H44ClF3N6O3S. The Balaban J connectivity index is 1.16.